The largest absolute Gasteiger partial charge is 0.491 e. The number of ether oxygens (including phenoxy) is 1. The number of hydrogen-bond donors (Lipinski definition) is 1. The minimum absolute atomic E-state index is 0.0721. The van der Waals surface area contributed by atoms with Crippen LogP contribution in [0.5, 0.6) is 5.75 Å². The summed E-state index contributed by atoms with van der Waals surface area (Å²) in [6.45, 7) is 0.824. The average Bonchev–Trinajstić information content (AvgIpc) is 3.39. The van der Waals surface area contributed by atoms with Gasteiger partial charge >= 0.3 is 0 Å². The van der Waals surface area contributed by atoms with Gasteiger partial charge in [0.25, 0.3) is 0 Å². The lowest BCUT2D eigenvalue weighted by molar-refractivity contribution is -0.117. The van der Waals surface area contributed by atoms with Crippen molar-refractivity contribution >= 4 is 22.6 Å². The SMILES string of the molecule is O=C1C[C@@H](c2nc3ccccc3n2C[C@@H](O)COc2ccccc2)CN1c1cccc(F)c1. The molecular formula is C26H24FN3O3. The molecule has 0 spiro atoms. The van der Waals surface area contributed by atoms with Crippen LogP contribution < -0.4 is 9.64 Å². The van der Waals surface area contributed by atoms with Crippen molar-refractivity contribution in [1.82, 2.24) is 9.55 Å². The molecular weight excluding hydrogens is 421 g/mol. The van der Waals surface area contributed by atoms with Crippen LogP contribution in [0.1, 0.15) is 18.2 Å². The fraction of sp³-hybridized carbons (Fsp3) is 0.231. The minimum atomic E-state index is -0.766. The van der Waals surface area contributed by atoms with Gasteiger partial charge in [-0.1, -0.05) is 36.4 Å². The summed E-state index contributed by atoms with van der Waals surface area (Å²) in [7, 11) is 0. The highest BCUT2D eigenvalue weighted by Crippen LogP contribution is 2.33. The van der Waals surface area contributed by atoms with Crippen LogP contribution in [-0.2, 0) is 11.3 Å². The number of nitrogens with zero attached hydrogens (tertiary/aromatic N) is 3. The van der Waals surface area contributed by atoms with E-state index in [1.807, 2.05) is 59.2 Å². The van der Waals surface area contributed by atoms with E-state index >= 15 is 0 Å². The van der Waals surface area contributed by atoms with Gasteiger partial charge in [0.2, 0.25) is 5.91 Å². The van der Waals surface area contributed by atoms with E-state index in [0.29, 0.717) is 18.0 Å². The normalized spacial score (nSPS) is 17.0. The van der Waals surface area contributed by atoms with E-state index in [-0.39, 0.29) is 37.2 Å². The standard InChI is InChI=1S/C26H24FN3O3/c27-19-7-6-8-20(14-19)29-15-18(13-25(29)32)26-28-23-11-4-5-12-24(23)30(26)16-21(31)17-33-22-9-2-1-3-10-22/h1-12,14,18,21,31H,13,15-17H2/t18-,21-/m1/s1. The molecule has 0 aliphatic carbocycles. The molecule has 1 amide bonds. The van der Waals surface area contributed by atoms with Crippen molar-refractivity contribution in [2.45, 2.75) is 25.0 Å². The van der Waals surface area contributed by atoms with E-state index < -0.39 is 6.10 Å². The van der Waals surface area contributed by atoms with Crippen molar-refractivity contribution in [1.29, 1.82) is 0 Å². The van der Waals surface area contributed by atoms with Gasteiger partial charge in [0.15, 0.2) is 0 Å². The molecule has 168 valence electrons. The number of aliphatic hydroxyl groups excluding tert-OH is 1. The number of aromatic nitrogens is 2. The van der Waals surface area contributed by atoms with Gasteiger partial charge in [-0.2, -0.15) is 0 Å². The Kier molecular flexibility index (Phi) is 5.79. The van der Waals surface area contributed by atoms with Gasteiger partial charge in [-0.3, -0.25) is 4.79 Å². The van der Waals surface area contributed by atoms with E-state index in [4.69, 9.17) is 9.72 Å². The Hall–Kier alpha value is -3.71. The monoisotopic (exact) mass is 445 g/mol. The summed E-state index contributed by atoms with van der Waals surface area (Å²) in [4.78, 5) is 19.2. The molecule has 4 aromatic rings. The number of anilines is 1. The van der Waals surface area contributed by atoms with Crippen LogP contribution in [0, 0.1) is 5.82 Å². The summed E-state index contributed by atoms with van der Waals surface area (Å²) < 4.78 is 21.4. The second-order valence-corrected chi connectivity index (χ2v) is 8.23. The molecule has 0 radical (unpaired) electrons. The van der Waals surface area contributed by atoms with Crippen molar-refractivity contribution in [3.8, 4) is 5.75 Å². The quantitative estimate of drug-likeness (QED) is 0.464. The summed E-state index contributed by atoms with van der Waals surface area (Å²) in [6, 6.07) is 23.1. The Morgan fingerprint density at radius 2 is 1.85 bits per heavy atom. The molecule has 1 fully saturated rings. The number of aliphatic hydroxyl groups is 1. The maximum Gasteiger partial charge on any atom is 0.227 e. The zero-order valence-corrected chi connectivity index (χ0v) is 18.0. The lowest BCUT2D eigenvalue weighted by Gasteiger charge is -2.19. The number of amides is 1. The third kappa shape index (κ3) is 4.45. The van der Waals surface area contributed by atoms with Gasteiger partial charge in [0.1, 0.15) is 30.1 Å². The zero-order valence-electron chi connectivity index (χ0n) is 18.0. The van der Waals surface area contributed by atoms with Crippen LogP contribution in [0.25, 0.3) is 11.0 Å². The van der Waals surface area contributed by atoms with Gasteiger partial charge in [-0.05, 0) is 42.5 Å². The smallest absolute Gasteiger partial charge is 0.227 e. The molecule has 0 saturated carbocycles. The number of rotatable bonds is 7. The van der Waals surface area contributed by atoms with Crippen molar-refractivity contribution in [2.24, 2.45) is 0 Å². The summed E-state index contributed by atoms with van der Waals surface area (Å²) in [5, 5.41) is 10.7. The van der Waals surface area contributed by atoms with Crippen LogP contribution in [0.15, 0.2) is 78.9 Å². The Balaban J connectivity index is 1.39. The van der Waals surface area contributed by atoms with Crippen molar-refractivity contribution in [3.63, 3.8) is 0 Å². The van der Waals surface area contributed by atoms with Crippen molar-refractivity contribution < 1.29 is 19.0 Å². The third-order valence-electron chi connectivity index (χ3n) is 5.87. The maximum absolute atomic E-state index is 13.7. The highest BCUT2D eigenvalue weighted by Gasteiger charge is 2.35. The number of benzene rings is 3. The lowest BCUT2D eigenvalue weighted by Crippen LogP contribution is -2.26. The second-order valence-electron chi connectivity index (χ2n) is 8.23. The first-order valence-electron chi connectivity index (χ1n) is 11.0. The number of hydrogen-bond acceptors (Lipinski definition) is 4. The molecule has 7 heteroatoms. The van der Waals surface area contributed by atoms with Crippen LogP contribution in [-0.4, -0.2) is 39.8 Å². The Bertz CT molecular complexity index is 1270. The molecule has 2 heterocycles. The number of fused-ring (bicyclic) bond motifs is 1. The van der Waals surface area contributed by atoms with Crippen LogP contribution in [0.2, 0.25) is 0 Å². The van der Waals surface area contributed by atoms with E-state index in [9.17, 15) is 14.3 Å². The fourth-order valence-electron chi connectivity index (χ4n) is 4.34. The third-order valence-corrected chi connectivity index (χ3v) is 5.87. The second kappa shape index (κ2) is 9.03. The van der Waals surface area contributed by atoms with Crippen molar-refractivity contribution in [2.75, 3.05) is 18.1 Å². The van der Waals surface area contributed by atoms with Gasteiger partial charge in [0.05, 0.1) is 17.6 Å². The number of para-hydroxylation sites is 3. The molecule has 0 bridgehead atoms. The highest BCUT2D eigenvalue weighted by atomic mass is 19.1. The maximum atomic E-state index is 13.7. The first-order chi connectivity index (χ1) is 16.1. The first kappa shape index (κ1) is 21.2. The molecule has 1 saturated heterocycles. The van der Waals surface area contributed by atoms with Gasteiger partial charge < -0.3 is 19.3 Å². The Morgan fingerprint density at radius 3 is 2.67 bits per heavy atom. The van der Waals surface area contributed by atoms with E-state index in [1.54, 1.807) is 17.0 Å². The molecule has 33 heavy (non-hydrogen) atoms. The summed E-state index contributed by atoms with van der Waals surface area (Å²) in [5.41, 5.74) is 2.24. The number of carbonyl (C=O) groups is 1. The molecule has 0 unspecified atom stereocenters. The minimum Gasteiger partial charge on any atom is -0.491 e. The van der Waals surface area contributed by atoms with Crippen LogP contribution in [0.3, 0.4) is 0 Å². The zero-order chi connectivity index (χ0) is 22.8. The van der Waals surface area contributed by atoms with Gasteiger partial charge in [-0.25, -0.2) is 9.37 Å². The topological polar surface area (TPSA) is 67.6 Å². The lowest BCUT2D eigenvalue weighted by atomic mass is 10.1. The molecule has 2 atom stereocenters. The van der Waals surface area contributed by atoms with Crippen LogP contribution in [0.4, 0.5) is 10.1 Å². The fourth-order valence-corrected chi connectivity index (χ4v) is 4.34. The number of imidazole rings is 1. The average molecular weight is 445 g/mol. The number of carbonyl (C=O) groups excluding carboxylic acids is 1. The molecule has 6 nitrogen and oxygen atoms in total. The molecule has 5 rings (SSSR count). The van der Waals surface area contributed by atoms with Crippen molar-refractivity contribution in [3.05, 3.63) is 90.5 Å². The molecule has 1 aliphatic heterocycles. The van der Waals surface area contributed by atoms with E-state index in [1.165, 1.54) is 12.1 Å². The molecule has 3 aromatic carbocycles. The number of halogens is 1. The predicted molar refractivity (Wildman–Crippen MR) is 124 cm³/mol. The highest BCUT2D eigenvalue weighted by molar-refractivity contribution is 5.96. The van der Waals surface area contributed by atoms with Crippen LogP contribution >= 0.6 is 0 Å². The molecule has 1 N–H and O–H groups in total. The molecule has 1 aliphatic rings. The Labute approximate surface area is 190 Å². The van der Waals surface area contributed by atoms with Gasteiger partial charge in [-0.15, -0.1) is 0 Å². The first-order valence-corrected chi connectivity index (χ1v) is 11.0. The van der Waals surface area contributed by atoms with Gasteiger partial charge in [0, 0.05) is 24.6 Å². The predicted octanol–water partition coefficient (Wildman–Crippen LogP) is 4.14. The summed E-state index contributed by atoms with van der Waals surface area (Å²) >= 11 is 0. The Morgan fingerprint density at radius 1 is 1.06 bits per heavy atom. The van der Waals surface area contributed by atoms with E-state index in [2.05, 4.69) is 0 Å². The van der Waals surface area contributed by atoms with E-state index in [0.717, 1.165) is 16.9 Å². The molecule has 1 aromatic heterocycles. The summed E-state index contributed by atoms with van der Waals surface area (Å²) in [6.07, 6.45) is -0.491. The summed E-state index contributed by atoms with van der Waals surface area (Å²) in [5.74, 6) is 0.812.